The third-order valence-corrected chi connectivity index (χ3v) is 2.82. The molecule has 1 aliphatic rings. The Morgan fingerprint density at radius 3 is 2.88 bits per heavy atom. The van der Waals surface area contributed by atoms with Crippen LogP contribution in [0.5, 0.6) is 5.75 Å². The Kier molecular flexibility index (Phi) is 3.13. The predicted molar refractivity (Wildman–Crippen MR) is 62.8 cm³/mol. The maximum absolute atomic E-state index is 11.4. The van der Waals surface area contributed by atoms with E-state index in [-0.39, 0.29) is 0 Å². The number of hydrogen-bond donors (Lipinski definition) is 0. The second-order valence-electron chi connectivity index (χ2n) is 4.26. The van der Waals surface area contributed by atoms with Crippen LogP contribution in [0.15, 0.2) is 18.2 Å². The van der Waals surface area contributed by atoms with E-state index in [1.54, 1.807) is 7.05 Å². The van der Waals surface area contributed by atoms with Gasteiger partial charge in [0.25, 0.3) is 5.91 Å². The van der Waals surface area contributed by atoms with Gasteiger partial charge in [0.2, 0.25) is 5.78 Å². The molecule has 0 spiro atoms. The minimum atomic E-state index is -0.457. The monoisotopic (exact) mass is 233 g/mol. The molecule has 1 aromatic rings. The van der Waals surface area contributed by atoms with E-state index >= 15 is 0 Å². The summed E-state index contributed by atoms with van der Waals surface area (Å²) in [7, 11) is 1.63. The Morgan fingerprint density at radius 1 is 1.41 bits per heavy atom. The zero-order valence-electron chi connectivity index (χ0n) is 10.0. The summed E-state index contributed by atoms with van der Waals surface area (Å²) in [5.41, 5.74) is 2.19. The van der Waals surface area contributed by atoms with Crippen LogP contribution in [-0.2, 0) is 22.6 Å². The molecule has 0 saturated heterocycles. The second-order valence-corrected chi connectivity index (χ2v) is 4.26. The lowest BCUT2D eigenvalue weighted by molar-refractivity contribution is -0.143. The number of nitrogens with zero attached hydrogens (tertiary/aromatic N) is 1. The van der Waals surface area contributed by atoms with Gasteiger partial charge in [0.05, 0.1) is 6.61 Å². The van der Waals surface area contributed by atoms with Crippen LogP contribution >= 0.6 is 0 Å². The van der Waals surface area contributed by atoms with Crippen molar-refractivity contribution in [1.29, 1.82) is 0 Å². The van der Waals surface area contributed by atoms with E-state index in [0.717, 1.165) is 24.3 Å². The summed E-state index contributed by atoms with van der Waals surface area (Å²) in [6.45, 7) is 2.46. The Bertz CT molecular complexity index is 468. The van der Waals surface area contributed by atoms with Crippen molar-refractivity contribution in [1.82, 2.24) is 4.90 Å². The van der Waals surface area contributed by atoms with E-state index in [9.17, 15) is 9.59 Å². The van der Waals surface area contributed by atoms with Crippen LogP contribution in [0, 0.1) is 0 Å². The first-order chi connectivity index (χ1) is 8.08. The summed E-state index contributed by atoms with van der Waals surface area (Å²) in [6, 6.07) is 5.88. The lowest BCUT2D eigenvalue weighted by Crippen LogP contribution is -2.31. The lowest BCUT2D eigenvalue weighted by atomic mass is 10.1. The fraction of sp³-hybridized carbons (Fsp3) is 0.385. The molecule has 4 nitrogen and oxygen atoms in total. The molecule has 0 unspecified atom stereocenters. The van der Waals surface area contributed by atoms with Crippen LogP contribution in [0.2, 0.25) is 0 Å². The van der Waals surface area contributed by atoms with Gasteiger partial charge >= 0.3 is 0 Å². The highest BCUT2D eigenvalue weighted by atomic mass is 16.5. The van der Waals surface area contributed by atoms with Crippen LogP contribution < -0.4 is 4.74 Å². The molecule has 0 bridgehead atoms. The van der Waals surface area contributed by atoms with E-state index in [1.165, 1.54) is 17.4 Å². The molecule has 1 aromatic carbocycles. The molecule has 1 heterocycles. The molecular formula is C13H15NO3. The number of amides is 1. The van der Waals surface area contributed by atoms with Crippen molar-refractivity contribution in [3.05, 3.63) is 29.3 Å². The maximum Gasteiger partial charge on any atom is 0.289 e. The number of hydrogen-bond acceptors (Lipinski definition) is 3. The molecule has 90 valence electrons. The first kappa shape index (κ1) is 11.6. The van der Waals surface area contributed by atoms with Gasteiger partial charge in [0.15, 0.2) is 0 Å². The average Bonchev–Trinajstić information content (AvgIpc) is 2.74. The smallest absolute Gasteiger partial charge is 0.289 e. The topological polar surface area (TPSA) is 46.6 Å². The van der Waals surface area contributed by atoms with E-state index in [1.807, 2.05) is 18.2 Å². The number of fused-ring (bicyclic) bond motifs is 1. The zero-order chi connectivity index (χ0) is 12.4. The fourth-order valence-corrected chi connectivity index (χ4v) is 1.95. The quantitative estimate of drug-likeness (QED) is 0.736. The molecule has 0 atom stereocenters. The Morgan fingerprint density at radius 2 is 2.18 bits per heavy atom. The molecule has 4 heteroatoms. The zero-order valence-corrected chi connectivity index (χ0v) is 10.0. The minimum Gasteiger partial charge on any atom is -0.493 e. The van der Waals surface area contributed by atoms with Crippen LogP contribution in [-0.4, -0.2) is 30.2 Å². The number of likely N-dealkylation sites (N-methyl/N-ethyl adjacent to an activating group) is 1. The van der Waals surface area contributed by atoms with Gasteiger partial charge in [-0.15, -0.1) is 0 Å². The molecule has 17 heavy (non-hydrogen) atoms. The van der Waals surface area contributed by atoms with Crippen LogP contribution in [0.25, 0.3) is 0 Å². The molecule has 2 rings (SSSR count). The molecule has 0 N–H and O–H groups in total. The van der Waals surface area contributed by atoms with E-state index < -0.39 is 11.7 Å². The number of rotatable bonds is 3. The number of carbonyl (C=O) groups is 2. The SMILES string of the molecule is CC(=O)C(=O)N(C)Cc1ccc2c(c1)CCO2. The van der Waals surface area contributed by atoms with Crippen LogP contribution in [0.3, 0.4) is 0 Å². The second kappa shape index (κ2) is 4.57. The molecule has 0 aromatic heterocycles. The van der Waals surface area contributed by atoms with Gasteiger partial charge in [-0.2, -0.15) is 0 Å². The summed E-state index contributed by atoms with van der Waals surface area (Å²) in [4.78, 5) is 23.8. The van der Waals surface area contributed by atoms with Gasteiger partial charge in [0.1, 0.15) is 5.75 Å². The number of benzene rings is 1. The van der Waals surface area contributed by atoms with Crippen molar-refractivity contribution in [3.63, 3.8) is 0 Å². The number of Topliss-reactive ketones (excluding diaryl/α,β-unsaturated/α-hetero) is 1. The third-order valence-electron chi connectivity index (χ3n) is 2.82. The van der Waals surface area contributed by atoms with Crippen molar-refractivity contribution in [2.45, 2.75) is 19.9 Å². The van der Waals surface area contributed by atoms with Gasteiger partial charge < -0.3 is 9.64 Å². The van der Waals surface area contributed by atoms with E-state index in [4.69, 9.17) is 4.74 Å². The predicted octanol–water partition coefficient (Wildman–Crippen LogP) is 1.17. The lowest BCUT2D eigenvalue weighted by Gasteiger charge is -2.15. The summed E-state index contributed by atoms with van der Waals surface area (Å²) in [5.74, 6) is 0.0352. The maximum atomic E-state index is 11.4. The van der Waals surface area contributed by atoms with Gasteiger partial charge in [-0.3, -0.25) is 9.59 Å². The highest BCUT2D eigenvalue weighted by molar-refractivity contribution is 6.34. The Labute approximate surface area is 100 Å². The van der Waals surface area contributed by atoms with Crippen molar-refractivity contribution in [2.24, 2.45) is 0 Å². The number of carbonyl (C=O) groups excluding carboxylic acids is 2. The number of ether oxygens (including phenoxy) is 1. The average molecular weight is 233 g/mol. The molecule has 1 amide bonds. The van der Waals surface area contributed by atoms with Crippen molar-refractivity contribution >= 4 is 11.7 Å². The minimum absolute atomic E-state index is 0.433. The van der Waals surface area contributed by atoms with Gasteiger partial charge in [-0.1, -0.05) is 12.1 Å². The van der Waals surface area contributed by atoms with Crippen molar-refractivity contribution in [3.8, 4) is 5.75 Å². The molecule has 0 aliphatic carbocycles. The van der Waals surface area contributed by atoms with Crippen LogP contribution in [0.4, 0.5) is 0 Å². The van der Waals surface area contributed by atoms with Gasteiger partial charge in [-0.25, -0.2) is 0 Å². The molecule has 0 saturated carbocycles. The summed E-state index contributed by atoms with van der Waals surface area (Å²) >= 11 is 0. The number of ketones is 1. The Balaban J connectivity index is 2.09. The highest BCUT2D eigenvalue weighted by Gasteiger charge is 2.16. The highest BCUT2D eigenvalue weighted by Crippen LogP contribution is 2.26. The van der Waals surface area contributed by atoms with Crippen molar-refractivity contribution in [2.75, 3.05) is 13.7 Å². The van der Waals surface area contributed by atoms with E-state index in [0.29, 0.717) is 6.54 Å². The first-order valence-electron chi connectivity index (χ1n) is 5.58. The molecule has 0 radical (unpaired) electrons. The largest absolute Gasteiger partial charge is 0.493 e. The molecular weight excluding hydrogens is 218 g/mol. The van der Waals surface area contributed by atoms with Crippen molar-refractivity contribution < 1.29 is 14.3 Å². The molecule has 1 aliphatic heterocycles. The first-order valence-corrected chi connectivity index (χ1v) is 5.58. The van der Waals surface area contributed by atoms with Crippen LogP contribution in [0.1, 0.15) is 18.1 Å². The fourth-order valence-electron chi connectivity index (χ4n) is 1.95. The van der Waals surface area contributed by atoms with Gasteiger partial charge in [0, 0.05) is 26.9 Å². The third kappa shape index (κ3) is 2.46. The van der Waals surface area contributed by atoms with Gasteiger partial charge in [-0.05, 0) is 17.2 Å². The normalized spacial score (nSPS) is 12.8. The standard InChI is InChI=1S/C13H15NO3/c1-9(15)13(16)14(2)8-10-3-4-12-11(7-10)5-6-17-12/h3-4,7H,5-6,8H2,1-2H3. The van der Waals surface area contributed by atoms with E-state index in [2.05, 4.69) is 0 Å². The molecule has 0 fully saturated rings. The Hall–Kier alpha value is -1.84. The summed E-state index contributed by atoms with van der Waals surface area (Å²) in [5, 5.41) is 0. The summed E-state index contributed by atoms with van der Waals surface area (Å²) in [6.07, 6.45) is 0.910. The summed E-state index contributed by atoms with van der Waals surface area (Å²) < 4.78 is 5.41.